The summed E-state index contributed by atoms with van der Waals surface area (Å²) < 4.78 is 0. The number of aliphatic hydroxyl groups is 3. The summed E-state index contributed by atoms with van der Waals surface area (Å²) in [6.07, 6.45) is 0.977. The van der Waals surface area contributed by atoms with E-state index < -0.39 is 11.4 Å². The molecule has 0 saturated carbocycles. The van der Waals surface area contributed by atoms with E-state index in [0.717, 1.165) is 6.54 Å². The Labute approximate surface area is 76.8 Å². The lowest BCUT2D eigenvalue weighted by Crippen LogP contribution is -2.55. The highest BCUT2D eigenvalue weighted by molar-refractivity contribution is 5.06. The van der Waals surface area contributed by atoms with Crippen molar-refractivity contribution in [2.45, 2.75) is 18.8 Å². The van der Waals surface area contributed by atoms with Gasteiger partial charge < -0.3 is 20.2 Å². The molecule has 1 aliphatic rings. The van der Waals surface area contributed by atoms with Crippen molar-refractivity contribution in [3.05, 3.63) is 0 Å². The van der Waals surface area contributed by atoms with Crippen LogP contribution in [0, 0.1) is 16.7 Å². The third kappa shape index (κ3) is 1.81. The topological polar surface area (TPSA) is 87.7 Å². The molecule has 1 heterocycles. The van der Waals surface area contributed by atoms with Crippen LogP contribution in [0.4, 0.5) is 0 Å². The quantitative estimate of drug-likeness (QED) is 0.450. The molecule has 0 aromatic rings. The Morgan fingerprint density at radius 2 is 2.08 bits per heavy atom. The zero-order valence-corrected chi connectivity index (χ0v) is 7.56. The highest BCUT2D eigenvalue weighted by atomic mass is 16.7. The molecular weight excluding hydrogens is 172 g/mol. The Bertz CT molecular complexity index is 231. The van der Waals surface area contributed by atoms with Gasteiger partial charge in [-0.2, -0.15) is 5.26 Å². The average Bonchev–Trinajstić information content (AvgIpc) is 2.02. The fourth-order valence-corrected chi connectivity index (χ4v) is 1.71. The van der Waals surface area contributed by atoms with Crippen molar-refractivity contribution in [1.82, 2.24) is 4.90 Å². The molecule has 5 nitrogen and oxygen atoms in total. The summed E-state index contributed by atoms with van der Waals surface area (Å²) in [5, 5.41) is 36.1. The number of rotatable bonds is 1. The van der Waals surface area contributed by atoms with Crippen molar-refractivity contribution in [3.8, 4) is 6.07 Å². The minimum Gasteiger partial charge on any atom is -0.342 e. The summed E-state index contributed by atoms with van der Waals surface area (Å²) in [4.78, 5) is 1.80. The van der Waals surface area contributed by atoms with Crippen LogP contribution >= 0.6 is 0 Å². The van der Waals surface area contributed by atoms with Gasteiger partial charge in [-0.15, -0.1) is 0 Å². The van der Waals surface area contributed by atoms with Gasteiger partial charge in [0.25, 0.3) is 5.97 Å². The van der Waals surface area contributed by atoms with Crippen molar-refractivity contribution in [3.63, 3.8) is 0 Å². The van der Waals surface area contributed by atoms with Crippen LogP contribution in [-0.2, 0) is 0 Å². The third-order valence-electron chi connectivity index (χ3n) is 2.54. The Hall–Kier alpha value is -0.670. The van der Waals surface area contributed by atoms with E-state index in [9.17, 15) is 0 Å². The van der Waals surface area contributed by atoms with E-state index in [4.69, 9.17) is 20.6 Å². The van der Waals surface area contributed by atoms with Gasteiger partial charge in [0.2, 0.25) is 0 Å². The van der Waals surface area contributed by atoms with Crippen LogP contribution in [0.5, 0.6) is 0 Å². The molecule has 1 saturated heterocycles. The Morgan fingerprint density at radius 3 is 2.38 bits per heavy atom. The molecule has 74 valence electrons. The van der Waals surface area contributed by atoms with E-state index in [0.29, 0.717) is 12.8 Å². The lowest BCUT2D eigenvalue weighted by Gasteiger charge is -2.40. The largest absolute Gasteiger partial charge is 0.342 e. The first-order valence-electron chi connectivity index (χ1n) is 4.18. The van der Waals surface area contributed by atoms with Crippen molar-refractivity contribution in [2.75, 3.05) is 20.1 Å². The maximum Gasteiger partial charge on any atom is 0.296 e. The molecule has 1 aliphatic heterocycles. The maximum absolute atomic E-state index is 9.07. The normalized spacial score (nSPS) is 31.3. The highest BCUT2D eigenvalue weighted by Crippen LogP contribution is 2.36. The van der Waals surface area contributed by atoms with Crippen LogP contribution in [0.2, 0.25) is 0 Å². The zero-order chi connectivity index (χ0) is 10.1. The first-order chi connectivity index (χ1) is 5.91. The van der Waals surface area contributed by atoms with E-state index in [1.807, 2.05) is 0 Å². The van der Waals surface area contributed by atoms with Gasteiger partial charge in [-0.3, -0.25) is 0 Å². The fourth-order valence-electron chi connectivity index (χ4n) is 1.71. The first kappa shape index (κ1) is 10.4. The molecule has 1 fully saturated rings. The lowest BCUT2D eigenvalue weighted by molar-refractivity contribution is -0.366. The number of likely N-dealkylation sites (tertiary alicyclic amines) is 1. The Balaban J connectivity index is 2.88. The van der Waals surface area contributed by atoms with Crippen molar-refractivity contribution >= 4 is 0 Å². The molecule has 13 heavy (non-hydrogen) atoms. The van der Waals surface area contributed by atoms with E-state index in [1.54, 1.807) is 18.0 Å². The van der Waals surface area contributed by atoms with Gasteiger partial charge in [0.1, 0.15) is 0 Å². The Kier molecular flexibility index (Phi) is 2.59. The van der Waals surface area contributed by atoms with Gasteiger partial charge in [0.15, 0.2) is 5.41 Å². The molecule has 0 aliphatic carbocycles. The van der Waals surface area contributed by atoms with Crippen molar-refractivity contribution in [2.24, 2.45) is 5.41 Å². The van der Waals surface area contributed by atoms with Crippen molar-refractivity contribution in [1.29, 1.82) is 5.26 Å². The monoisotopic (exact) mass is 186 g/mol. The van der Waals surface area contributed by atoms with Crippen molar-refractivity contribution < 1.29 is 15.3 Å². The molecule has 0 aromatic heterocycles. The third-order valence-corrected chi connectivity index (χ3v) is 2.54. The number of nitrogens with zero attached hydrogens (tertiary/aromatic N) is 2. The molecule has 1 atom stereocenters. The summed E-state index contributed by atoms with van der Waals surface area (Å²) in [6, 6.07) is 1.80. The van der Waals surface area contributed by atoms with Crippen LogP contribution in [-0.4, -0.2) is 46.3 Å². The minimum absolute atomic E-state index is 0.174. The van der Waals surface area contributed by atoms with Gasteiger partial charge in [-0.05, 0) is 26.4 Å². The van der Waals surface area contributed by atoms with Crippen LogP contribution in [0.1, 0.15) is 12.8 Å². The molecule has 1 unspecified atom stereocenters. The fraction of sp³-hybridized carbons (Fsp3) is 0.875. The van der Waals surface area contributed by atoms with Crippen LogP contribution in [0.3, 0.4) is 0 Å². The highest BCUT2D eigenvalue weighted by Gasteiger charge is 2.51. The van der Waals surface area contributed by atoms with E-state index in [1.165, 1.54) is 0 Å². The second-order valence-electron chi connectivity index (χ2n) is 3.67. The molecule has 0 amide bonds. The summed E-state index contributed by atoms with van der Waals surface area (Å²) >= 11 is 0. The molecule has 0 radical (unpaired) electrons. The predicted molar refractivity (Wildman–Crippen MR) is 44.2 cm³/mol. The molecule has 5 heteroatoms. The molecule has 0 spiro atoms. The van der Waals surface area contributed by atoms with Gasteiger partial charge in [0.05, 0.1) is 6.07 Å². The number of hydrogen-bond donors (Lipinski definition) is 3. The van der Waals surface area contributed by atoms with Crippen LogP contribution < -0.4 is 0 Å². The summed E-state index contributed by atoms with van der Waals surface area (Å²) in [6.45, 7) is 0.979. The maximum atomic E-state index is 9.07. The molecule has 3 N–H and O–H groups in total. The Morgan fingerprint density at radius 1 is 1.46 bits per heavy atom. The van der Waals surface area contributed by atoms with E-state index in [2.05, 4.69) is 0 Å². The zero-order valence-electron chi connectivity index (χ0n) is 7.56. The first-order valence-corrected chi connectivity index (χ1v) is 4.18. The lowest BCUT2D eigenvalue weighted by atomic mass is 9.79. The minimum atomic E-state index is -2.91. The van der Waals surface area contributed by atoms with E-state index in [-0.39, 0.29) is 6.54 Å². The molecule has 1 rings (SSSR count). The average molecular weight is 186 g/mol. The smallest absolute Gasteiger partial charge is 0.296 e. The molecule has 0 aromatic carbocycles. The SMILES string of the molecule is CN1CCCC(C#N)(C(O)(O)O)C1. The van der Waals surface area contributed by atoms with E-state index >= 15 is 0 Å². The second kappa shape index (κ2) is 3.24. The predicted octanol–water partition coefficient (Wildman–Crippen LogP) is -1.15. The van der Waals surface area contributed by atoms with Gasteiger partial charge in [-0.1, -0.05) is 0 Å². The van der Waals surface area contributed by atoms with Gasteiger partial charge in [-0.25, -0.2) is 0 Å². The van der Waals surface area contributed by atoms with Crippen LogP contribution in [0.25, 0.3) is 0 Å². The molecule has 0 bridgehead atoms. The van der Waals surface area contributed by atoms with Crippen LogP contribution in [0.15, 0.2) is 0 Å². The number of piperidine rings is 1. The molecular formula is C8H14N2O3. The van der Waals surface area contributed by atoms with Gasteiger partial charge >= 0.3 is 0 Å². The summed E-state index contributed by atoms with van der Waals surface area (Å²) in [5.74, 6) is -2.91. The summed E-state index contributed by atoms with van der Waals surface area (Å²) in [5.41, 5.74) is -1.47. The second-order valence-corrected chi connectivity index (χ2v) is 3.67. The number of nitriles is 1. The number of hydrogen-bond acceptors (Lipinski definition) is 5. The van der Waals surface area contributed by atoms with Gasteiger partial charge in [0, 0.05) is 6.54 Å². The summed E-state index contributed by atoms with van der Waals surface area (Å²) in [7, 11) is 1.77. The standard InChI is InChI=1S/C8H14N2O3/c1-10-4-2-3-7(5-9,6-10)8(11,12)13/h11-13H,2-4,6H2,1H3.